The SMILES string of the molecule is CCC(=O)OC1CC(C)CCC1C(C)(C)OC(=O)CC. The van der Waals surface area contributed by atoms with E-state index in [1.165, 1.54) is 0 Å². The first-order valence-electron chi connectivity index (χ1n) is 7.71. The summed E-state index contributed by atoms with van der Waals surface area (Å²) in [5.41, 5.74) is -0.591. The maximum absolute atomic E-state index is 11.6. The average molecular weight is 284 g/mol. The Labute approximate surface area is 122 Å². The fourth-order valence-corrected chi connectivity index (χ4v) is 2.95. The number of ether oxygens (including phenoxy) is 2. The van der Waals surface area contributed by atoms with E-state index in [-0.39, 0.29) is 24.0 Å². The lowest BCUT2D eigenvalue weighted by molar-refractivity contribution is -0.177. The molecule has 0 heterocycles. The zero-order valence-corrected chi connectivity index (χ0v) is 13.4. The van der Waals surface area contributed by atoms with Crippen molar-refractivity contribution in [3.05, 3.63) is 0 Å². The maximum Gasteiger partial charge on any atom is 0.306 e. The number of hydrogen-bond acceptors (Lipinski definition) is 4. The second kappa shape index (κ2) is 7.09. The van der Waals surface area contributed by atoms with Crippen molar-refractivity contribution >= 4 is 11.9 Å². The number of carbonyl (C=O) groups is 2. The molecule has 4 heteroatoms. The minimum Gasteiger partial charge on any atom is -0.462 e. The van der Waals surface area contributed by atoms with Gasteiger partial charge in [0.05, 0.1) is 0 Å². The molecule has 0 N–H and O–H groups in total. The van der Waals surface area contributed by atoms with Gasteiger partial charge in [-0.25, -0.2) is 0 Å². The fourth-order valence-electron chi connectivity index (χ4n) is 2.95. The molecule has 4 nitrogen and oxygen atoms in total. The molecule has 1 saturated carbocycles. The van der Waals surface area contributed by atoms with Gasteiger partial charge in [-0.05, 0) is 32.6 Å². The highest BCUT2D eigenvalue weighted by molar-refractivity contribution is 5.70. The van der Waals surface area contributed by atoms with Crippen LogP contribution in [0.15, 0.2) is 0 Å². The van der Waals surface area contributed by atoms with E-state index in [9.17, 15) is 9.59 Å². The van der Waals surface area contributed by atoms with Crippen molar-refractivity contribution in [2.24, 2.45) is 11.8 Å². The van der Waals surface area contributed by atoms with E-state index in [4.69, 9.17) is 9.47 Å². The Bertz CT molecular complexity index is 348. The Morgan fingerprint density at radius 3 is 2.25 bits per heavy atom. The normalized spacial score (nSPS) is 26.9. The number of carbonyl (C=O) groups excluding carboxylic acids is 2. The van der Waals surface area contributed by atoms with E-state index in [0.717, 1.165) is 19.3 Å². The van der Waals surface area contributed by atoms with Crippen molar-refractivity contribution < 1.29 is 19.1 Å². The quantitative estimate of drug-likeness (QED) is 0.725. The van der Waals surface area contributed by atoms with Gasteiger partial charge in [0, 0.05) is 18.8 Å². The monoisotopic (exact) mass is 284 g/mol. The van der Waals surface area contributed by atoms with Crippen molar-refractivity contribution in [1.82, 2.24) is 0 Å². The number of rotatable bonds is 5. The lowest BCUT2D eigenvalue weighted by Gasteiger charge is -2.42. The molecule has 0 aromatic carbocycles. The van der Waals surface area contributed by atoms with Crippen LogP contribution in [0.4, 0.5) is 0 Å². The van der Waals surface area contributed by atoms with Crippen LogP contribution in [0.5, 0.6) is 0 Å². The maximum atomic E-state index is 11.6. The van der Waals surface area contributed by atoms with Crippen LogP contribution in [0, 0.1) is 11.8 Å². The van der Waals surface area contributed by atoms with Gasteiger partial charge in [0.15, 0.2) is 0 Å². The summed E-state index contributed by atoms with van der Waals surface area (Å²) in [5, 5.41) is 0. The van der Waals surface area contributed by atoms with Gasteiger partial charge < -0.3 is 9.47 Å². The van der Waals surface area contributed by atoms with Crippen molar-refractivity contribution in [3.63, 3.8) is 0 Å². The van der Waals surface area contributed by atoms with Gasteiger partial charge in [0.1, 0.15) is 11.7 Å². The smallest absolute Gasteiger partial charge is 0.306 e. The van der Waals surface area contributed by atoms with Crippen LogP contribution in [0.2, 0.25) is 0 Å². The Hall–Kier alpha value is -1.06. The predicted molar refractivity (Wildman–Crippen MR) is 77.1 cm³/mol. The van der Waals surface area contributed by atoms with E-state index in [1.54, 1.807) is 13.8 Å². The molecule has 20 heavy (non-hydrogen) atoms. The highest BCUT2D eigenvalue weighted by Gasteiger charge is 2.43. The zero-order chi connectivity index (χ0) is 15.3. The van der Waals surface area contributed by atoms with Crippen LogP contribution < -0.4 is 0 Å². The Morgan fingerprint density at radius 1 is 1.10 bits per heavy atom. The first-order valence-corrected chi connectivity index (χ1v) is 7.71. The van der Waals surface area contributed by atoms with E-state index in [0.29, 0.717) is 18.8 Å². The molecule has 1 aliphatic rings. The molecule has 3 unspecified atom stereocenters. The molecule has 1 aliphatic carbocycles. The molecule has 0 amide bonds. The van der Waals surface area contributed by atoms with Gasteiger partial charge >= 0.3 is 11.9 Å². The van der Waals surface area contributed by atoms with Crippen molar-refractivity contribution in [2.75, 3.05) is 0 Å². The summed E-state index contributed by atoms with van der Waals surface area (Å²) in [6.45, 7) is 9.61. The third kappa shape index (κ3) is 4.50. The molecule has 0 radical (unpaired) electrons. The highest BCUT2D eigenvalue weighted by atomic mass is 16.6. The van der Waals surface area contributed by atoms with E-state index >= 15 is 0 Å². The van der Waals surface area contributed by atoms with Crippen LogP contribution in [-0.4, -0.2) is 23.6 Å². The molecule has 0 spiro atoms. The molecule has 116 valence electrons. The molecular weight excluding hydrogens is 256 g/mol. The largest absolute Gasteiger partial charge is 0.462 e. The van der Waals surface area contributed by atoms with E-state index < -0.39 is 5.60 Å². The standard InChI is InChI=1S/C16H28O4/c1-6-14(17)19-13-10-11(3)8-9-12(13)16(4,5)20-15(18)7-2/h11-13H,6-10H2,1-5H3. The topological polar surface area (TPSA) is 52.6 Å². The molecule has 0 aromatic rings. The third-order valence-electron chi connectivity index (χ3n) is 4.18. The Balaban J connectivity index is 2.81. The summed E-state index contributed by atoms with van der Waals surface area (Å²) in [4.78, 5) is 23.2. The van der Waals surface area contributed by atoms with Crippen LogP contribution in [-0.2, 0) is 19.1 Å². The van der Waals surface area contributed by atoms with Crippen LogP contribution >= 0.6 is 0 Å². The lowest BCUT2D eigenvalue weighted by atomic mass is 9.73. The van der Waals surface area contributed by atoms with E-state index in [1.807, 2.05) is 13.8 Å². The molecule has 0 bridgehead atoms. The summed E-state index contributed by atoms with van der Waals surface area (Å²) in [7, 11) is 0. The van der Waals surface area contributed by atoms with Crippen LogP contribution in [0.3, 0.4) is 0 Å². The molecular formula is C16H28O4. The second-order valence-corrected chi connectivity index (χ2v) is 6.34. The van der Waals surface area contributed by atoms with E-state index in [2.05, 4.69) is 6.92 Å². The summed E-state index contributed by atoms with van der Waals surface area (Å²) in [6, 6.07) is 0. The van der Waals surface area contributed by atoms with Crippen molar-refractivity contribution in [3.8, 4) is 0 Å². The summed E-state index contributed by atoms with van der Waals surface area (Å²) in [5.74, 6) is 0.240. The summed E-state index contributed by atoms with van der Waals surface area (Å²) >= 11 is 0. The van der Waals surface area contributed by atoms with Crippen LogP contribution in [0.25, 0.3) is 0 Å². The molecule has 1 rings (SSSR count). The minimum atomic E-state index is -0.591. The minimum absolute atomic E-state index is 0.0738. The van der Waals surface area contributed by atoms with Crippen molar-refractivity contribution in [1.29, 1.82) is 0 Å². The number of esters is 2. The Morgan fingerprint density at radius 2 is 1.70 bits per heavy atom. The van der Waals surface area contributed by atoms with Crippen LogP contribution in [0.1, 0.15) is 66.7 Å². The lowest BCUT2D eigenvalue weighted by Crippen LogP contribution is -2.47. The number of hydrogen-bond donors (Lipinski definition) is 0. The van der Waals surface area contributed by atoms with Gasteiger partial charge in [0.2, 0.25) is 0 Å². The molecule has 0 saturated heterocycles. The van der Waals surface area contributed by atoms with Gasteiger partial charge in [-0.1, -0.05) is 27.2 Å². The van der Waals surface area contributed by atoms with Gasteiger partial charge in [-0.15, -0.1) is 0 Å². The first-order chi connectivity index (χ1) is 9.30. The molecule has 1 fully saturated rings. The highest BCUT2D eigenvalue weighted by Crippen LogP contribution is 2.39. The zero-order valence-electron chi connectivity index (χ0n) is 13.4. The van der Waals surface area contributed by atoms with Gasteiger partial charge in [-0.2, -0.15) is 0 Å². The van der Waals surface area contributed by atoms with Gasteiger partial charge in [-0.3, -0.25) is 9.59 Å². The third-order valence-corrected chi connectivity index (χ3v) is 4.18. The average Bonchev–Trinajstić information content (AvgIpc) is 2.37. The predicted octanol–water partition coefficient (Wildman–Crippen LogP) is 3.48. The Kier molecular flexibility index (Phi) is 6.03. The molecule has 3 atom stereocenters. The summed E-state index contributed by atoms with van der Waals surface area (Å²) in [6.07, 6.45) is 3.46. The van der Waals surface area contributed by atoms with Crippen molar-refractivity contribution in [2.45, 2.75) is 78.4 Å². The first kappa shape index (κ1) is 17.0. The molecule has 0 aromatic heterocycles. The second-order valence-electron chi connectivity index (χ2n) is 6.34. The fraction of sp³-hybridized carbons (Fsp3) is 0.875. The molecule has 0 aliphatic heterocycles. The van der Waals surface area contributed by atoms with Gasteiger partial charge in [0.25, 0.3) is 0 Å². The summed E-state index contributed by atoms with van der Waals surface area (Å²) < 4.78 is 11.2.